The molecule has 2 aromatic rings. The van der Waals surface area contributed by atoms with E-state index in [4.69, 9.17) is 4.43 Å². The molecule has 0 unspecified atom stereocenters. The highest BCUT2D eigenvalue weighted by molar-refractivity contribution is 7.78. The predicted octanol–water partition coefficient (Wildman–Crippen LogP) is 3.55. The topological polar surface area (TPSA) is 49.7 Å². The number of benzene rings is 2. The van der Waals surface area contributed by atoms with E-state index in [-0.39, 0.29) is 0 Å². The summed E-state index contributed by atoms with van der Waals surface area (Å²) in [5.74, 6) is 0.888. The van der Waals surface area contributed by atoms with E-state index in [1.807, 2.05) is 50.5 Å². The summed E-state index contributed by atoms with van der Waals surface area (Å²) in [5.41, 5.74) is 0. The quantitative estimate of drug-likeness (QED) is 0.781. The van der Waals surface area contributed by atoms with Gasteiger partial charge in [-0.1, -0.05) is 36.4 Å². The lowest BCUT2D eigenvalue weighted by Crippen LogP contribution is -2.76. The fourth-order valence-electron chi connectivity index (χ4n) is 3.83. The summed E-state index contributed by atoms with van der Waals surface area (Å²) in [6.07, 6.45) is 0. The van der Waals surface area contributed by atoms with Gasteiger partial charge in [0.05, 0.1) is 0 Å². The summed E-state index contributed by atoms with van der Waals surface area (Å²) in [6.45, 7) is 12.2. The van der Waals surface area contributed by atoms with Gasteiger partial charge in [0.1, 0.15) is 13.1 Å². The average Bonchev–Trinajstić information content (AvgIpc) is 2.34. The van der Waals surface area contributed by atoms with Gasteiger partial charge >= 0.3 is 0 Å². The molecule has 0 aliphatic rings. The van der Waals surface area contributed by atoms with Gasteiger partial charge in [-0.05, 0) is 50.7 Å². The maximum absolute atomic E-state index is 10.9. The standard InChI is InChI=1S/C16H27O3Si4/c1-21(2,17)20(22(3,4)18)23(5,6)19-16-13-9-11-14-10-7-8-12-15(14)16/h7-13,17-18H,1-6H3. The van der Waals surface area contributed by atoms with Crippen LogP contribution in [0.4, 0.5) is 0 Å². The highest BCUT2D eigenvalue weighted by Gasteiger charge is 2.56. The third-order valence-corrected chi connectivity index (χ3v) is 52.4. The molecule has 0 atom stereocenters. The zero-order valence-corrected chi connectivity index (χ0v) is 18.8. The van der Waals surface area contributed by atoms with Gasteiger partial charge in [0.2, 0.25) is 7.83 Å². The molecule has 0 aliphatic carbocycles. The molecule has 0 aromatic heterocycles. The van der Waals surface area contributed by atoms with E-state index in [0.29, 0.717) is 0 Å². The van der Waals surface area contributed by atoms with Crippen LogP contribution in [0.5, 0.6) is 5.75 Å². The second-order valence-electron chi connectivity index (χ2n) is 7.58. The van der Waals surface area contributed by atoms with Crippen LogP contribution in [0, 0.1) is 0 Å². The molecule has 0 spiro atoms. The van der Waals surface area contributed by atoms with E-state index < -0.39 is 30.9 Å². The number of fused-ring (bicyclic) bond motifs is 1. The van der Waals surface area contributed by atoms with Gasteiger partial charge in [-0.3, -0.25) is 0 Å². The first-order chi connectivity index (χ1) is 10.4. The Morgan fingerprint density at radius 2 is 1.30 bits per heavy atom. The van der Waals surface area contributed by atoms with E-state index in [2.05, 4.69) is 31.3 Å². The van der Waals surface area contributed by atoms with Crippen LogP contribution in [0.1, 0.15) is 0 Å². The van der Waals surface area contributed by atoms with E-state index >= 15 is 0 Å². The fraction of sp³-hybridized carbons (Fsp3) is 0.375. The summed E-state index contributed by atoms with van der Waals surface area (Å²) in [4.78, 5) is 21.7. The molecule has 0 heterocycles. The Morgan fingerprint density at radius 3 is 1.87 bits per heavy atom. The van der Waals surface area contributed by atoms with Crippen molar-refractivity contribution < 1.29 is 14.0 Å². The van der Waals surface area contributed by atoms with Crippen LogP contribution < -0.4 is 4.43 Å². The minimum atomic E-state index is -2.43. The lowest BCUT2D eigenvalue weighted by molar-refractivity contribution is 0.556. The van der Waals surface area contributed by atoms with Gasteiger partial charge in [-0.15, -0.1) is 0 Å². The fourth-order valence-corrected chi connectivity index (χ4v) is 64.0. The Morgan fingerprint density at radius 1 is 0.783 bits per heavy atom. The van der Waals surface area contributed by atoms with Crippen molar-refractivity contribution in [1.82, 2.24) is 0 Å². The first-order valence-electron chi connectivity index (χ1n) is 7.93. The van der Waals surface area contributed by atoms with Gasteiger partial charge < -0.3 is 14.0 Å². The molecule has 23 heavy (non-hydrogen) atoms. The molecule has 0 saturated heterocycles. The van der Waals surface area contributed by atoms with Crippen LogP contribution >= 0.6 is 0 Å². The molecule has 1 radical (unpaired) electrons. The lowest BCUT2D eigenvalue weighted by atomic mass is 10.1. The monoisotopic (exact) mass is 379 g/mol. The van der Waals surface area contributed by atoms with Crippen LogP contribution in [-0.2, 0) is 0 Å². The minimum absolute atomic E-state index is 0.888. The summed E-state index contributed by atoms with van der Waals surface area (Å²) in [6, 6.07) is 14.3. The average molecular weight is 380 g/mol. The number of hydrogen-bond acceptors (Lipinski definition) is 3. The molecule has 0 aliphatic heterocycles. The van der Waals surface area contributed by atoms with Gasteiger partial charge in [0, 0.05) is 5.39 Å². The van der Waals surface area contributed by atoms with Crippen LogP contribution in [-0.4, -0.2) is 40.4 Å². The van der Waals surface area contributed by atoms with Crippen molar-refractivity contribution in [3.05, 3.63) is 42.5 Å². The van der Waals surface area contributed by atoms with Crippen molar-refractivity contribution in [1.29, 1.82) is 0 Å². The Hall–Kier alpha value is -0.712. The van der Waals surface area contributed by atoms with Crippen molar-refractivity contribution >= 4 is 41.6 Å². The molecule has 2 rings (SSSR count). The minimum Gasteiger partial charge on any atom is -0.547 e. The SMILES string of the molecule is C[Si](C)(O)[Si]([Si](C)(C)O)[Si](C)(C)Oc1cccc2ccccc12. The van der Waals surface area contributed by atoms with Gasteiger partial charge in [0.25, 0.3) is 0 Å². The molecule has 125 valence electrons. The second kappa shape index (κ2) is 6.30. The Labute approximate surface area is 143 Å². The molecule has 0 amide bonds. The van der Waals surface area contributed by atoms with Crippen LogP contribution in [0.3, 0.4) is 0 Å². The molecule has 2 aromatic carbocycles. The second-order valence-corrected chi connectivity index (χ2v) is 37.7. The molecule has 0 saturated carbocycles. The smallest absolute Gasteiger partial charge is 0.227 e. The van der Waals surface area contributed by atoms with E-state index in [1.165, 1.54) is 0 Å². The Kier molecular flexibility index (Phi) is 5.10. The summed E-state index contributed by atoms with van der Waals surface area (Å²) >= 11 is 0. The molecule has 0 fully saturated rings. The van der Waals surface area contributed by atoms with Crippen LogP contribution in [0.25, 0.3) is 10.8 Å². The van der Waals surface area contributed by atoms with Crippen LogP contribution in [0.15, 0.2) is 42.5 Å². The molecular formula is C16H27O3Si4. The van der Waals surface area contributed by atoms with Gasteiger partial charge in [-0.2, -0.15) is 0 Å². The van der Waals surface area contributed by atoms with Crippen LogP contribution in [0.2, 0.25) is 39.3 Å². The molecule has 3 nitrogen and oxygen atoms in total. The van der Waals surface area contributed by atoms with E-state index in [1.54, 1.807) is 0 Å². The van der Waals surface area contributed by atoms with E-state index in [0.717, 1.165) is 16.5 Å². The maximum Gasteiger partial charge on any atom is 0.227 e. The predicted molar refractivity (Wildman–Crippen MR) is 107 cm³/mol. The van der Waals surface area contributed by atoms with Crippen molar-refractivity contribution in [2.75, 3.05) is 0 Å². The first-order valence-corrected chi connectivity index (χ1v) is 21.2. The third kappa shape index (κ3) is 4.23. The summed E-state index contributed by atoms with van der Waals surface area (Å²) < 4.78 is 6.56. The zero-order chi connectivity index (χ0) is 17.5. The van der Waals surface area contributed by atoms with Crippen molar-refractivity contribution in [2.24, 2.45) is 0 Å². The molecule has 0 bridgehead atoms. The van der Waals surface area contributed by atoms with Crippen molar-refractivity contribution in [2.45, 2.75) is 39.3 Å². The van der Waals surface area contributed by atoms with E-state index in [9.17, 15) is 9.59 Å². The largest absolute Gasteiger partial charge is 0.547 e. The number of hydrogen-bond donors (Lipinski definition) is 2. The highest BCUT2D eigenvalue weighted by Crippen LogP contribution is 2.31. The molecular weight excluding hydrogens is 353 g/mol. The Bertz CT molecular complexity index is 670. The van der Waals surface area contributed by atoms with Gasteiger partial charge in [0.15, 0.2) is 15.7 Å². The van der Waals surface area contributed by atoms with Crippen molar-refractivity contribution in [3.63, 3.8) is 0 Å². The first kappa shape index (κ1) is 18.6. The van der Waals surface area contributed by atoms with Crippen molar-refractivity contribution in [3.8, 4) is 5.75 Å². The molecule has 7 heteroatoms. The molecule has 2 N–H and O–H groups in total. The summed E-state index contributed by atoms with van der Waals surface area (Å²) in [7, 11) is -8.41. The third-order valence-electron chi connectivity index (χ3n) is 3.94. The highest BCUT2D eigenvalue weighted by atomic mass is 29.9. The number of rotatable bonds is 5. The van der Waals surface area contributed by atoms with Gasteiger partial charge in [-0.25, -0.2) is 0 Å². The zero-order valence-electron chi connectivity index (χ0n) is 14.8. The summed E-state index contributed by atoms with van der Waals surface area (Å²) in [5, 5.41) is 2.26. The lowest BCUT2D eigenvalue weighted by Gasteiger charge is -2.42. The maximum atomic E-state index is 10.9. The normalized spacial score (nSPS) is 13.6. The Balaban J connectivity index is 2.46.